The first kappa shape index (κ1) is 7.99. The Morgan fingerprint density at radius 3 is 2.67 bits per heavy atom. The molecule has 0 unspecified atom stereocenters. The largest absolute Gasteiger partial charge is 0.207 e. The van der Waals surface area contributed by atoms with Crippen molar-refractivity contribution in [3.63, 3.8) is 0 Å². The number of halogens is 2. The molecular weight excluding hydrogens is 219 g/mol. The summed E-state index contributed by atoms with van der Waals surface area (Å²) in [6.45, 7) is 0. The lowest BCUT2D eigenvalue weighted by Gasteiger charge is -1.96. The van der Waals surface area contributed by atoms with Gasteiger partial charge in [0.05, 0.1) is 0 Å². The summed E-state index contributed by atoms with van der Waals surface area (Å²) in [6, 6.07) is 4.78. The number of rotatable bonds is 1. The van der Waals surface area contributed by atoms with E-state index in [-0.39, 0.29) is 5.82 Å². The standard InChI is InChI=1S/C10H8BrF/c11-10-6-9(12)4-3-8(10)5-7-1-2-7/h3-6H,1-2H2. The third kappa shape index (κ3) is 1.75. The summed E-state index contributed by atoms with van der Waals surface area (Å²) < 4.78 is 13.5. The van der Waals surface area contributed by atoms with Crippen molar-refractivity contribution >= 4 is 22.0 Å². The van der Waals surface area contributed by atoms with Gasteiger partial charge in [0.15, 0.2) is 0 Å². The molecule has 0 atom stereocenters. The van der Waals surface area contributed by atoms with Gasteiger partial charge in [-0.2, -0.15) is 0 Å². The van der Waals surface area contributed by atoms with Gasteiger partial charge >= 0.3 is 0 Å². The van der Waals surface area contributed by atoms with E-state index in [1.165, 1.54) is 30.5 Å². The quantitative estimate of drug-likeness (QED) is 0.685. The lowest BCUT2D eigenvalue weighted by Crippen LogP contribution is -1.78. The average molecular weight is 227 g/mol. The summed E-state index contributed by atoms with van der Waals surface area (Å²) in [4.78, 5) is 0. The first-order valence-corrected chi connectivity index (χ1v) is 4.69. The molecular formula is C10H8BrF. The number of hydrogen-bond donors (Lipinski definition) is 0. The molecule has 62 valence electrons. The van der Waals surface area contributed by atoms with Gasteiger partial charge in [-0.05, 0) is 30.5 Å². The van der Waals surface area contributed by atoms with E-state index in [2.05, 4.69) is 22.0 Å². The molecule has 0 spiro atoms. The van der Waals surface area contributed by atoms with Crippen molar-refractivity contribution in [1.29, 1.82) is 0 Å². The van der Waals surface area contributed by atoms with Gasteiger partial charge < -0.3 is 0 Å². The molecule has 0 radical (unpaired) electrons. The van der Waals surface area contributed by atoms with Crippen LogP contribution in [0.2, 0.25) is 0 Å². The second-order valence-electron chi connectivity index (χ2n) is 2.97. The predicted molar refractivity (Wildman–Crippen MR) is 51.3 cm³/mol. The van der Waals surface area contributed by atoms with Crippen molar-refractivity contribution in [2.45, 2.75) is 12.8 Å². The summed E-state index contributed by atoms with van der Waals surface area (Å²) in [7, 11) is 0. The predicted octanol–water partition coefficient (Wildman–Crippen LogP) is 3.77. The van der Waals surface area contributed by atoms with Gasteiger partial charge in [0.25, 0.3) is 0 Å². The zero-order chi connectivity index (χ0) is 8.55. The maximum absolute atomic E-state index is 12.6. The number of benzene rings is 1. The van der Waals surface area contributed by atoms with Gasteiger partial charge in [-0.15, -0.1) is 0 Å². The van der Waals surface area contributed by atoms with Crippen LogP contribution in [0.5, 0.6) is 0 Å². The van der Waals surface area contributed by atoms with Gasteiger partial charge in [0.1, 0.15) is 5.82 Å². The summed E-state index contributed by atoms with van der Waals surface area (Å²) in [5, 5.41) is 0. The smallest absolute Gasteiger partial charge is 0.124 e. The normalized spacial score (nSPS) is 14.7. The van der Waals surface area contributed by atoms with Gasteiger partial charge in [0.2, 0.25) is 0 Å². The summed E-state index contributed by atoms with van der Waals surface area (Å²) in [5.74, 6) is -0.195. The second-order valence-corrected chi connectivity index (χ2v) is 3.82. The van der Waals surface area contributed by atoms with Gasteiger partial charge in [-0.3, -0.25) is 0 Å². The molecule has 0 aliphatic heterocycles. The van der Waals surface area contributed by atoms with Crippen LogP contribution in [-0.2, 0) is 0 Å². The molecule has 1 fully saturated rings. The fourth-order valence-electron chi connectivity index (χ4n) is 1.05. The molecule has 0 saturated heterocycles. The molecule has 0 heterocycles. The molecule has 1 aromatic carbocycles. The molecule has 1 aliphatic rings. The van der Waals surface area contributed by atoms with E-state index in [4.69, 9.17) is 0 Å². The van der Waals surface area contributed by atoms with Crippen molar-refractivity contribution in [2.24, 2.45) is 0 Å². The fraction of sp³-hybridized carbons (Fsp3) is 0.200. The van der Waals surface area contributed by atoms with Gasteiger partial charge in [-0.1, -0.05) is 33.6 Å². The van der Waals surface area contributed by atoms with E-state index in [1.807, 2.05) is 0 Å². The molecule has 0 N–H and O–H groups in total. The van der Waals surface area contributed by atoms with Crippen LogP contribution < -0.4 is 0 Å². The highest BCUT2D eigenvalue weighted by Crippen LogP contribution is 2.32. The van der Waals surface area contributed by atoms with Crippen LogP contribution >= 0.6 is 15.9 Å². The molecule has 2 rings (SSSR count). The highest BCUT2D eigenvalue weighted by molar-refractivity contribution is 9.10. The Morgan fingerprint density at radius 2 is 2.08 bits per heavy atom. The number of allylic oxidation sites excluding steroid dienone is 1. The van der Waals surface area contributed by atoms with Crippen molar-refractivity contribution in [3.05, 3.63) is 39.6 Å². The highest BCUT2D eigenvalue weighted by atomic mass is 79.9. The molecule has 0 nitrogen and oxygen atoms in total. The van der Waals surface area contributed by atoms with Crippen LogP contribution in [0.15, 0.2) is 28.2 Å². The summed E-state index contributed by atoms with van der Waals surface area (Å²) in [6.07, 6.45) is 4.51. The SMILES string of the molecule is Fc1ccc(C=C2CC2)c(Br)c1. The Kier molecular flexibility index (Phi) is 2.01. The van der Waals surface area contributed by atoms with Crippen molar-refractivity contribution in [3.8, 4) is 0 Å². The first-order chi connectivity index (χ1) is 5.75. The Hall–Kier alpha value is -0.630. The van der Waals surface area contributed by atoms with Gasteiger partial charge in [-0.25, -0.2) is 4.39 Å². The summed E-state index contributed by atoms with van der Waals surface area (Å²) in [5.41, 5.74) is 2.52. The van der Waals surface area contributed by atoms with E-state index in [9.17, 15) is 4.39 Å². The van der Waals surface area contributed by atoms with Crippen LogP contribution in [0.25, 0.3) is 6.08 Å². The first-order valence-electron chi connectivity index (χ1n) is 3.90. The van der Waals surface area contributed by atoms with E-state index in [0.29, 0.717) is 0 Å². The van der Waals surface area contributed by atoms with Crippen LogP contribution in [0.4, 0.5) is 4.39 Å². The topological polar surface area (TPSA) is 0 Å². The highest BCUT2D eigenvalue weighted by Gasteiger charge is 2.11. The lowest BCUT2D eigenvalue weighted by molar-refractivity contribution is 0.627. The monoisotopic (exact) mass is 226 g/mol. The Morgan fingerprint density at radius 1 is 1.33 bits per heavy atom. The fourth-order valence-corrected chi connectivity index (χ4v) is 1.52. The Balaban J connectivity index is 2.37. The van der Waals surface area contributed by atoms with Crippen LogP contribution in [-0.4, -0.2) is 0 Å². The minimum Gasteiger partial charge on any atom is -0.207 e. The zero-order valence-corrected chi connectivity index (χ0v) is 8.07. The molecule has 0 aromatic heterocycles. The Labute approximate surface area is 79.2 Å². The molecule has 2 heteroatoms. The average Bonchev–Trinajstić information content (AvgIpc) is 2.79. The minimum absolute atomic E-state index is 0.195. The lowest BCUT2D eigenvalue weighted by atomic mass is 10.2. The molecule has 12 heavy (non-hydrogen) atoms. The maximum atomic E-state index is 12.6. The molecule has 1 aliphatic carbocycles. The van der Waals surface area contributed by atoms with Gasteiger partial charge in [0, 0.05) is 4.47 Å². The van der Waals surface area contributed by atoms with Crippen LogP contribution in [0.1, 0.15) is 18.4 Å². The van der Waals surface area contributed by atoms with E-state index < -0.39 is 0 Å². The number of hydrogen-bond acceptors (Lipinski definition) is 0. The maximum Gasteiger partial charge on any atom is 0.124 e. The van der Waals surface area contributed by atoms with Crippen molar-refractivity contribution in [1.82, 2.24) is 0 Å². The summed E-state index contributed by atoms with van der Waals surface area (Å²) >= 11 is 3.32. The molecule has 0 bridgehead atoms. The third-order valence-electron chi connectivity index (χ3n) is 1.86. The van der Waals surface area contributed by atoms with Crippen LogP contribution in [0.3, 0.4) is 0 Å². The van der Waals surface area contributed by atoms with Crippen LogP contribution in [0, 0.1) is 5.82 Å². The molecule has 1 aromatic rings. The second kappa shape index (κ2) is 3.02. The minimum atomic E-state index is -0.195. The van der Waals surface area contributed by atoms with E-state index in [1.54, 1.807) is 6.07 Å². The van der Waals surface area contributed by atoms with Crippen molar-refractivity contribution in [2.75, 3.05) is 0 Å². The zero-order valence-electron chi connectivity index (χ0n) is 6.48. The van der Waals surface area contributed by atoms with E-state index in [0.717, 1.165) is 10.0 Å². The van der Waals surface area contributed by atoms with E-state index >= 15 is 0 Å². The Bertz CT molecular complexity index is 336. The molecule has 1 saturated carbocycles. The third-order valence-corrected chi connectivity index (χ3v) is 2.55. The molecule has 0 amide bonds. The van der Waals surface area contributed by atoms with Crippen molar-refractivity contribution < 1.29 is 4.39 Å².